The summed E-state index contributed by atoms with van der Waals surface area (Å²) in [6.45, 7) is 2.00. The van der Waals surface area contributed by atoms with E-state index >= 15 is 0 Å². The van der Waals surface area contributed by atoms with Crippen molar-refractivity contribution in [3.63, 3.8) is 0 Å². The van der Waals surface area contributed by atoms with E-state index in [0.29, 0.717) is 10.5 Å². The number of pyridine rings is 1. The molecule has 0 bridgehead atoms. The standard InChI is InChI=1S/C10H8Cl2N2O2/c1-2-16-10(15)9-8(12)7(11)3-6-4-13-5-14(6)9/h3-5H,2H2,1H3. The summed E-state index contributed by atoms with van der Waals surface area (Å²) in [6.07, 6.45) is 3.08. The molecule has 0 spiro atoms. The highest BCUT2D eigenvalue weighted by molar-refractivity contribution is 6.43. The molecule has 84 valence electrons. The summed E-state index contributed by atoms with van der Waals surface area (Å²) >= 11 is 11.9. The number of carbonyl (C=O) groups is 1. The van der Waals surface area contributed by atoms with Crippen LogP contribution < -0.4 is 0 Å². The molecule has 0 aliphatic heterocycles. The van der Waals surface area contributed by atoms with Crippen LogP contribution >= 0.6 is 23.2 Å². The maximum atomic E-state index is 11.7. The third-order valence-electron chi connectivity index (χ3n) is 2.07. The Morgan fingerprint density at radius 1 is 1.56 bits per heavy atom. The number of imidazole rings is 1. The van der Waals surface area contributed by atoms with Gasteiger partial charge in [0.15, 0.2) is 5.69 Å². The first-order valence-corrected chi connectivity index (χ1v) is 5.38. The Labute approximate surface area is 102 Å². The first-order chi connectivity index (χ1) is 7.65. The minimum atomic E-state index is -0.516. The number of esters is 1. The van der Waals surface area contributed by atoms with Gasteiger partial charge in [0.1, 0.15) is 0 Å². The molecule has 0 unspecified atom stereocenters. The molecule has 0 aromatic carbocycles. The number of carbonyl (C=O) groups excluding carboxylic acids is 1. The van der Waals surface area contributed by atoms with Crippen LogP contribution in [0, 0.1) is 0 Å². The van der Waals surface area contributed by atoms with Gasteiger partial charge in [-0.3, -0.25) is 4.40 Å². The van der Waals surface area contributed by atoms with Crippen LogP contribution in [-0.2, 0) is 4.74 Å². The fourth-order valence-corrected chi connectivity index (χ4v) is 1.82. The number of hydrogen-bond donors (Lipinski definition) is 0. The van der Waals surface area contributed by atoms with Crippen molar-refractivity contribution in [1.82, 2.24) is 9.38 Å². The highest BCUT2D eigenvalue weighted by Crippen LogP contribution is 2.28. The molecule has 0 radical (unpaired) electrons. The van der Waals surface area contributed by atoms with Crippen LogP contribution in [0.5, 0.6) is 0 Å². The second-order valence-corrected chi connectivity index (χ2v) is 3.85. The number of halogens is 2. The van der Waals surface area contributed by atoms with Crippen LogP contribution in [0.3, 0.4) is 0 Å². The Morgan fingerprint density at radius 3 is 3.00 bits per heavy atom. The van der Waals surface area contributed by atoms with Crippen LogP contribution in [-0.4, -0.2) is 22.0 Å². The molecule has 0 N–H and O–H groups in total. The first-order valence-electron chi connectivity index (χ1n) is 4.62. The van der Waals surface area contributed by atoms with Crippen molar-refractivity contribution in [3.05, 3.63) is 34.3 Å². The zero-order valence-electron chi connectivity index (χ0n) is 8.41. The van der Waals surface area contributed by atoms with E-state index in [0.717, 1.165) is 0 Å². The lowest BCUT2D eigenvalue weighted by molar-refractivity contribution is 0.0518. The van der Waals surface area contributed by atoms with Gasteiger partial charge in [-0.15, -0.1) is 0 Å². The molecular weight excluding hydrogens is 251 g/mol. The third-order valence-corrected chi connectivity index (χ3v) is 2.85. The minimum Gasteiger partial charge on any atom is -0.461 e. The van der Waals surface area contributed by atoms with Gasteiger partial charge in [-0.1, -0.05) is 23.2 Å². The average Bonchev–Trinajstić information content (AvgIpc) is 2.67. The van der Waals surface area contributed by atoms with Crippen molar-refractivity contribution in [2.24, 2.45) is 0 Å². The Balaban J connectivity index is 2.69. The number of fused-ring (bicyclic) bond motifs is 1. The molecule has 4 nitrogen and oxygen atoms in total. The number of rotatable bonds is 2. The predicted octanol–water partition coefficient (Wildman–Crippen LogP) is 2.82. The molecule has 6 heteroatoms. The Kier molecular flexibility index (Phi) is 3.03. The van der Waals surface area contributed by atoms with E-state index in [1.54, 1.807) is 23.6 Å². The van der Waals surface area contributed by atoms with Crippen molar-refractivity contribution < 1.29 is 9.53 Å². The van der Waals surface area contributed by atoms with E-state index in [9.17, 15) is 4.79 Å². The molecule has 16 heavy (non-hydrogen) atoms. The summed E-state index contributed by atoms with van der Waals surface area (Å²) in [7, 11) is 0. The molecule has 2 rings (SSSR count). The molecule has 2 heterocycles. The van der Waals surface area contributed by atoms with Gasteiger partial charge >= 0.3 is 5.97 Å². The smallest absolute Gasteiger partial charge is 0.356 e. The van der Waals surface area contributed by atoms with Crippen molar-refractivity contribution in [2.45, 2.75) is 6.92 Å². The average molecular weight is 259 g/mol. The van der Waals surface area contributed by atoms with Gasteiger partial charge in [0.2, 0.25) is 0 Å². The summed E-state index contributed by atoms with van der Waals surface area (Å²) in [4.78, 5) is 15.6. The molecule has 0 fully saturated rings. The monoisotopic (exact) mass is 258 g/mol. The summed E-state index contributed by atoms with van der Waals surface area (Å²) < 4.78 is 6.46. The molecule has 0 saturated heterocycles. The SMILES string of the molecule is CCOC(=O)c1c(Cl)c(Cl)cc2cncn12. The van der Waals surface area contributed by atoms with E-state index in [-0.39, 0.29) is 17.3 Å². The third kappa shape index (κ3) is 1.74. The van der Waals surface area contributed by atoms with Crippen molar-refractivity contribution in [2.75, 3.05) is 6.61 Å². The van der Waals surface area contributed by atoms with E-state index in [1.807, 2.05) is 0 Å². The quantitative estimate of drug-likeness (QED) is 0.779. The first kappa shape index (κ1) is 11.2. The maximum absolute atomic E-state index is 11.7. The summed E-state index contributed by atoms with van der Waals surface area (Å²) in [6, 6.07) is 1.64. The van der Waals surface area contributed by atoms with Gasteiger partial charge in [0.25, 0.3) is 0 Å². The minimum absolute atomic E-state index is 0.172. The lowest BCUT2D eigenvalue weighted by atomic mass is 10.3. The van der Waals surface area contributed by atoms with Crippen LogP contribution in [0.25, 0.3) is 5.52 Å². The number of ether oxygens (including phenoxy) is 1. The van der Waals surface area contributed by atoms with Gasteiger partial charge in [-0.05, 0) is 13.0 Å². The van der Waals surface area contributed by atoms with Crippen LogP contribution in [0.4, 0.5) is 0 Å². The maximum Gasteiger partial charge on any atom is 0.356 e. The van der Waals surface area contributed by atoms with Gasteiger partial charge in [-0.25, -0.2) is 9.78 Å². The summed E-state index contributed by atoms with van der Waals surface area (Å²) in [5, 5.41) is 0.475. The van der Waals surface area contributed by atoms with Gasteiger partial charge in [-0.2, -0.15) is 0 Å². The number of hydrogen-bond acceptors (Lipinski definition) is 3. The van der Waals surface area contributed by atoms with Crippen LogP contribution in [0.15, 0.2) is 18.6 Å². The molecule has 0 saturated carbocycles. The van der Waals surface area contributed by atoms with E-state index < -0.39 is 5.97 Å². The predicted molar refractivity (Wildman–Crippen MR) is 61.2 cm³/mol. The van der Waals surface area contributed by atoms with Crippen molar-refractivity contribution in [1.29, 1.82) is 0 Å². The second kappa shape index (κ2) is 4.31. The Hall–Kier alpha value is -1.26. The van der Waals surface area contributed by atoms with E-state index in [1.165, 1.54) is 6.33 Å². The normalized spacial score (nSPS) is 10.7. The van der Waals surface area contributed by atoms with E-state index in [4.69, 9.17) is 27.9 Å². The molecule has 0 aliphatic rings. The van der Waals surface area contributed by atoms with E-state index in [2.05, 4.69) is 4.98 Å². The van der Waals surface area contributed by atoms with Crippen LogP contribution in [0.1, 0.15) is 17.4 Å². The number of aromatic nitrogens is 2. The largest absolute Gasteiger partial charge is 0.461 e. The lowest BCUT2D eigenvalue weighted by Crippen LogP contribution is -2.10. The topological polar surface area (TPSA) is 43.6 Å². The fourth-order valence-electron chi connectivity index (χ4n) is 1.40. The van der Waals surface area contributed by atoms with Crippen molar-refractivity contribution in [3.8, 4) is 0 Å². The Morgan fingerprint density at radius 2 is 2.31 bits per heavy atom. The molecule has 0 amide bonds. The lowest BCUT2D eigenvalue weighted by Gasteiger charge is -2.08. The zero-order valence-corrected chi connectivity index (χ0v) is 9.92. The van der Waals surface area contributed by atoms with Crippen LogP contribution in [0.2, 0.25) is 10.0 Å². The second-order valence-electron chi connectivity index (χ2n) is 3.06. The molecule has 0 atom stereocenters. The molecule has 2 aromatic heterocycles. The number of nitrogens with zero attached hydrogens (tertiary/aromatic N) is 2. The fraction of sp³-hybridized carbons (Fsp3) is 0.200. The molecule has 0 aliphatic carbocycles. The highest BCUT2D eigenvalue weighted by atomic mass is 35.5. The summed E-state index contributed by atoms with van der Waals surface area (Å²) in [5.74, 6) is -0.516. The molecular formula is C10H8Cl2N2O2. The Bertz CT molecular complexity index is 551. The van der Waals surface area contributed by atoms with Crippen molar-refractivity contribution >= 4 is 34.7 Å². The van der Waals surface area contributed by atoms with Gasteiger partial charge in [0, 0.05) is 0 Å². The van der Waals surface area contributed by atoms with Gasteiger partial charge in [0.05, 0.1) is 34.7 Å². The highest BCUT2D eigenvalue weighted by Gasteiger charge is 2.18. The molecule has 2 aromatic rings. The summed E-state index contributed by atoms with van der Waals surface area (Å²) in [5.41, 5.74) is 0.890. The van der Waals surface area contributed by atoms with Gasteiger partial charge < -0.3 is 4.74 Å². The zero-order chi connectivity index (χ0) is 11.7.